The molecule has 0 radical (unpaired) electrons. The Hall–Kier alpha value is -2.90. The minimum atomic E-state index is -1.00. The van der Waals surface area contributed by atoms with Gasteiger partial charge in [-0.1, -0.05) is 0 Å². The number of nitrogens with zero attached hydrogens (tertiary/aromatic N) is 2. The van der Waals surface area contributed by atoms with E-state index in [9.17, 15) is 9.59 Å². The minimum Gasteiger partial charge on any atom is -0.477 e. The highest BCUT2D eigenvalue weighted by Gasteiger charge is 2.08. The summed E-state index contributed by atoms with van der Waals surface area (Å²) in [6.45, 7) is 3.54. The van der Waals surface area contributed by atoms with Crippen molar-refractivity contribution in [1.82, 2.24) is 9.35 Å². The molecule has 0 saturated carbocycles. The highest BCUT2D eigenvalue weighted by Crippen LogP contribution is 2.03. The van der Waals surface area contributed by atoms with Crippen molar-refractivity contribution in [2.24, 2.45) is 5.73 Å². The first-order valence-electron chi connectivity index (χ1n) is 5.65. The lowest BCUT2D eigenvalue weighted by Gasteiger charge is -1.98. The molecule has 2 rings (SSSR count). The van der Waals surface area contributed by atoms with Crippen LogP contribution in [0, 0.1) is 13.8 Å². The average molecular weight is 279 g/mol. The Labute approximate surface area is 115 Å². The molecular formula is C12H17N5O3. The zero-order valence-corrected chi connectivity index (χ0v) is 11.2. The number of carboxylic acid groups (broad SMARTS) is 1. The highest BCUT2D eigenvalue weighted by atomic mass is 16.4. The van der Waals surface area contributed by atoms with Crippen molar-refractivity contribution in [3.63, 3.8) is 0 Å². The van der Waals surface area contributed by atoms with Crippen LogP contribution in [0.4, 0.5) is 0 Å². The molecule has 0 aliphatic heterocycles. The third kappa shape index (κ3) is 3.10. The monoisotopic (exact) mass is 279 g/mol. The molecule has 2 heterocycles. The number of aromatic nitrogens is 2. The van der Waals surface area contributed by atoms with Gasteiger partial charge in [0, 0.05) is 11.4 Å². The predicted molar refractivity (Wildman–Crippen MR) is 74.1 cm³/mol. The van der Waals surface area contributed by atoms with E-state index in [-0.39, 0.29) is 5.69 Å². The van der Waals surface area contributed by atoms with E-state index in [2.05, 4.69) is 0 Å². The molecule has 8 heteroatoms. The number of rotatable bonds is 2. The summed E-state index contributed by atoms with van der Waals surface area (Å²) >= 11 is 0. The standard InChI is InChI=1S/C6H9N3O.C6H8N2O2/c1-4-2-3-5(6(7)10)9(4)8;1-4-2-3-5(6(9)10)8(4)7/h2-3H,8H2,1H3,(H2,7,10);2-3H,7H2,1H3,(H,9,10). The molecular weight excluding hydrogens is 262 g/mol. The molecule has 0 atom stereocenters. The lowest BCUT2D eigenvalue weighted by Crippen LogP contribution is -2.22. The SMILES string of the molecule is Cc1ccc(C(=O)O)n1N.Cc1ccc(C(N)=O)n1N. The van der Waals surface area contributed by atoms with E-state index in [0.29, 0.717) is 5.69 Å². The molecule has 0 aromatic carbocycles. The summed E-state index contributed by atoms with van der Waals surface area (Å²) in [7, 11) is 0. The number of aryl methyl sites for hydroxylation is 2. The summed E-state index contributed by atoms with van der Waals surface area (Å²) < 4.78 is 2.41. The number of carbonyl (C=O) groups excluding carboxylic acids is 1. The highest BCUT2D eigenvalue weighted by molar-refractivity contribution is 5.91. The van der Waals surface area contributed by atoms with E-state index < -0.39 is 11.9 Å². The van der Waals surface area contributed by atoms with E-state index in [1.807, 2.05) is 0 Å². The number of primary amides is 1. The van der Waals surface area contributed by atoms with Gasteiger partial charge in [0.25, 0.3) is 5.91 Å². The van der Waals surface area contributed by atoms with Crippen LogP contribution in [-0.4, -0.2) is 26.3 Å². The molecule has 8 nitrogen and oxygen atoms in total. The second kappa shape index (κ2) is 5.83. The first-order valence-corrected chi connectivity index (χ1v) is 5.65. The number of nitrogen functional groups attached to an aromatic ring is 2. The molecule has 0 aliphatic carbocycles. The van der Waals surface area contributed by atoms with Gasteiger partial charge in [0.1, 0.15) is 11.4 Å². The van der Waals surface area contributed by atoms with E-state index in [0.717, 1.165) is 16.1 Å². The Morgan fingerprint density at radius 3 is 1.50 bits per heavy atom. The summed E-state index contributed by atoms with van der Waals surface area (Å²) in [6, 6.07) is 6.46. The third-order valence-corrected chi connectivity index (χ3v) is 2.72. The van der Waals surface area contributed by atoms with Crippen molar-refractivity contribution < 1.29 is 14.7 Å². The second-order valence-electron chi connectivity index (χ2n) is 4.13. The second-order valence-corrected chi connectivity index (χ2v) is 4.13. The van der Waals surface area contributed by atoms with Gasteiger partial charge in [0.2, 0.25) is 0 Å². The number of nitrogens with two attached hydrogens (primary N) is 3. The largest absolute Gasteiger partial charge is 0.477 e. The molecule has 7 N–H and O–H groups in total. The van der Waals surface area contributed by atoms with Gasteiger partial charge in [0.05, 0.1) is 0 Å². The first-order chi connectivity index (χ1) is 9.25. The summed E-state index contributed by atoms with van der Waals surface area (Å²) in [5.41, 5.74) is 6.98. The van der Waals surface area contributed by atoms with Crippen LogP contribution in [0.15, 0.2) is 24.3 Å². The molecule has 0 aliphatic rings. The quantitative estimate of drug-likeness (QED) is 0.564. The number of carbonyl (C=O) groups is 2. The van der Waals surface area contributed by atoms with Gasteiger partial charge in [0.15, 0.2) is 0 Å². The van der Waals surface area contributed by atoms with Crippen LogP contribution in [-0.2, 0) is 0 Å². The molecule has 0 spiro atoms. The smallest absolute Gasteiger partial charge is 0.354 e. The fraction of sp³-hybridized carbons (Fsp3) is 0.167. The number of hydrogen-bond donors (Lipinski definition) is 4. The van der Waals surface area contributed by atoms with E-state index >= 15 is 0 Å². The Bertz CT molecular complexity index is 585. The van der Waals surface area contributed by atoms with Crippen molar-refractivity contribution in [3.05, 3.63) is 47.0 Å². The number of amides is 1. The van der Waals surface area contributed by atoms with Gasteiger partial charge in [-0.15, -0.1) is 0 Å². The van der Waals surface area contributed by atoms with E-state index in [4.69, 9.17) is 22.5 Å². The molecule has 0 fully saturated rings. The molecule has 2 aromatic heterocycles. The van der Waals surface area contributed by atoms with Crippen LogP contribution >= 0.6 is 0 Å². The summed E-state index contributed by atoms with van der Waals surface area (Å²) in [4.78, 5) is 20.9. The Balaban J connectivity index is 0.000000200. The van der Waals surface area contributed by atoms with Crippen molar-refractivity contribution in [2.75, 3.05) is 11.7 Å². The van der Waals surface area contributed by atoms with Crippen molar-refractivity contribution in [2.45, 2.75) is 13.8 Å². The normalized spacial score (nSPS) is 9.70. The maximum absolute atomic E-state index is 10.6. The van der Waals surface area contributed by atoms with Crippen LogP contribution in [0.5, 0.6) is 0 Å². The van der Waals surface area contributed by atoms with Gasteiger partial charge in [-0.05, 0) is 38.1 Å². The van der Waals surface area contributed by atoms with Crippen LogP contribution in [0.2, 0.25) is 0 Å². The Morgan fingerprint density at radius 2 is 1.35 bits per heavy atom. The first kappa shape index (κ1) is 15.2. The lowest BCUT2D eigenvalue weighted by molar-refractivity contribution is 0.0687. The Morgan fingerprint density at radius 1 is 0.950 bits per heavy atom. The fourth-order valence-corrected chi connectivity index (χ4v) is 1.48. The van der Waals surface area contributed by atoms with Crippen molar-refractivity contribution in [1.29, 1.82) is 0 Å². The Kier molecular flexibility index (Phi) is 4.42. The summed E-state index contributed by atoms with van der Waals surface area (Å²) in [5, 5.41) is 8.48. The molecule has 2 aromatic rings. The van der Waals surface area contributed by atoms with Crippen LogP contribution in [0.25, 0.3) is 0 Å². The van der Waals surface area contributed by atoms with Crippen molar-refractivity contribution >= 4 is 11.9 Å². The summed E-state index contributed by atoms with van der Waals surface area (Å²) in [5.74, 6) is 9.25. The number of hydrogen-bond acceptors (Lipinski definition) is 4. The average Bonchev–Trinajstić information content (AvgIpc) is 2.86. The molecule has 20 heavy (non-hydrogen) atoms. The zero-order valence-electron chi connectivity index (χ0n) is 11.2. The zero-order chi connectivity index (χ0) is 15.4. The maximum Gasteiger partial charge on any atom is 0.354 e. The molecule has 1 amide bonds. The number of carboxylic acids is 1. The van der Waals surface area contributed by atoms with Crippen LogP contribution in [0.1, 0.15) is 32.4 Å². The van der Waals surface area contributed by atoms with Crippen molar-refractivity contribution in [3.8, 4) is 0 Å². The van der Waals surface area contributed by atoms with Crippen LogP contribution in [0.3, 0.4) is 0 Å². The number of aromatic carboxylic acids is 1. The summed E-state index contributed by atoms with van der Waals surface area (Å²) in [6.07, 6.45) is 0. The third-order valence-electron chi connectivity index (χ3n) is 2.72. The maximum atomic E-state index is 10.6. The molecule has 0 bridgehead atoms. The molecule has 0 saturated heterocycles. The van der Waals surface area contributed by atoms with Gasteiger partial charge < -0.3 is 22.5 Å². The van der Waals surface area contributed by atoms with Gasteiger partial charge >= 0.3 is 5.97 Å². The van der Waals surface area contributed by atoms with Crippen LogP contribution < -0.4 is 17.4 Å². The predicted octanol–water partition coefficient (Wildman–Crippen LogP) is -0.182. The molecule has 0 unspecified atom stereocenters. The van der Waals surface area contributed by atoms with E-state index in [1.54, 1.807) is 32.0 Å². The minimum absolute atomic E-state index is 0.109. The lowest BCUT2D eigenvalue weighted by atomic mass is 10.4. The molecule has 108 valence electrons. The van der Waals surface area contributed by atoms with E-state index in [1.165, 1.54) is 10.7 Å². The van der Waals surface area contributed by atoms with Gasteiger partial charge in [-0.2, -0.15) is 0 Å². The fourth-order valence-electron chi connectivity index (χ4n) is 1.48. The topological polar surface area (TPSA) is 142 Å². The van der Waals surface area contributed by atoms with Gasteiger partial charge in [-0.25, -0.2) is 4.79 Å². The van der Waals surface area contributed by atoms with Gasteiger partial charge in [-0.3, -0.25) is 14.1 Å².